The van der Waals surface area contributed by atoms with E-state index in [1.807, 2.05) is 16.8 Å². The second kappa shape index (κ2) is 4.17. The minimum atomic E-state index is 0.294. The molecule has 0 fully saturated rings. The minimum Gasteiger partial charge on any atom is -0.384 e. The van der Waals surface area contributed by atoms with Crippen LogP contribution in [0.3, 0.4) is 0 Å². The van der Waals surface area contributed by atoms with Crippen molar-refractivity contribution in [2.75, 3.05) is 5.73 Å². The van der Waals surface area contributed by atoms with E-state index < -0.39 is 0 Å². The van der Waals surface area contributed by atoms with E-state index in [9.17, 15) is 0 Å². The average Bonchev–Trinajstić information content (AvgIpc) is 2.66. The van der Waals surface area contributed by atoms with Gasteiger partial charge < -0.3 is 5.73 Å². The molecule has 1 atom stereocenters. The molecule has 0 spiro atoms. The summed E-state index contributed by atoms with van der Waals surface area (Å²) in [6.07, 6.45) is 2.68. The first-order valence-electron chi connectivity index (χ1n) is 5.10. The standard InChI is InChI=1S/C12H15N3/c1-10(15-12(13)7-8-14-15)9-11-5-3-2-4-6-11/h2-8,10H,9,13H2,1H3. The molecular weight excluding hydrogens is 186 g/mol. The van der Waals surface area contributed by atoms with E-state index in [1.165, 1.54) is 5.56 Å². The van der Waals surface area contributed by atoms with Crippen molar-refractivity contribution in [3.8, 4) is 0 Å². The Hall–Kier alpha value is -1.77. The van der Waals surface area contributed by atoms with Gasteiger partial charge in [-0.3, -0.25) is 0 Å². The van der Waals surface area contributed by atoms with Gasteiger partial charge in [-0.2, -0.15) is 5.10 Å². The van der Waals surface area contributed by atoms with Crippen molar-refractivity contribution in [1.82, 2.24) is 9.78 Å². The summed E-state index contributed by atoms with van der Waals surface area (Å²) >= 11 is 0. The molecule has 0 bridgehead atoms. The number of nitrogens with zero attached hydrogens (tertiary/aromatic N) is 2. The lowest BCUT2D eigenvalue weighted by atomic mass is 10.1. The number of nitrogen functional groups attached to an aromatic ring is 1. The van der Waals surface area contributed by atoms with Gasteiger partial charge in [0, 0.05) is 0 Å². The highest BCUT2D eigenvalue weighted by atomic mass is 15.3. The summed E-state index contributed by atoms with van der Waals surface area (Å²) in [4.78, 5) is 0. The molecule has 3 nitrogen and oxygen atoms in total. The fraction of sp³-hybridized carbons (Fsp3) is 0.250. The van der Waals surface area contributed by atoms with Crippen molar-refractivity contribution >= 4 is 5.82 Å². The molecule has 2 N–H and O–H groups in total. The summed E-state index contributed by atoms with van der Waals surface area (Å²) in [5, 5.41) is 4.20. The number of anilines is 1. The van der Waals surface area contributed by atoms with Crippen LogP contribution in [0.15, 0.2) is 42.6 Å². The van der Waals surface area contributed by atoms with Crippen LogP contribution in [0.25, 0.3) is 0 Å². The zero-order chi connectivity index (χ0) is 10.7. The quantitative estimate of drug-likeness (QED) is 0.827. The van der Waals surface area contributed by atoms with Gasteiger partial charge in [0.2, 0.25) is 0 Å². The number of hydrogen-bond acceptors (Lipinski definition) is 2. The van der Waals surface area contributed by atoms with Gasteiger partial charge in [0.05, 0.1) is 12.2 Å². The van der Waals surface area contributed by atoms with Crippen LogP contribution >= 0.6 is 0 Å². The first-order valence-corrected chi connectivity index (χ1v) is 5.10. The van der Waals surface area contributed by atoms with Crippen LogP contribution < -0.4 is 5.73 Å². The maximum atomic E-state index is 5.80. The van der Waals surface area contributed by atoms with Crippen molar-refractivity contribution in [3.05, 3.63) is 48.2 Å². The van der Waals surface area contributed by atoms with Crippen molar-refractivity contribution in [2.24, 2.45) is 0 Å². The highest BCUT2D eigenvalue weighted by molar-refractivity contribution is 5.27. The van der Waals surface area contributed by atoms with Crippen LogP contribution in [0.1, 0.15) is 18.5 Å². The average molecular weight is 201 g/mol. The predicted octanol–water partition coefficient (Wildman–Crippen LogP) is 2.27. The summed E-state index contributed by atoms with van der Waals surface area (Å²) in [7, 11) is 0. The summed E-state index contributed by atoms with van der Waals surface area (Å²) in [6, 6.07) is 12.5. The van der Waals surface area contributed by atoms with Gasteiger partial charge in [-0.25, -0.2) is 4.68 Å². The molecule has 15 heavy (non-hydrogen) atoms. The molecule has 0 aliphatic rings. The van der Waals surface area contributed by atoms with Crippen LogP contribution in [0.4, 0.5) is 5.82 Å². The molecule has 1 heterocycles. The Morgan fingerprint density at radius 3 is 2.60 bits per heavy atom. The Morgan fingerprint density at radius 1 is 1.27 bits per heavy atom. The topological polar surface area (TPSA) is 43.8 Å². The molecule has 0 radical (unpaired) electrons. The van der Waals surface area contributed by atoms with Crippen LogP contribution in [-0.2, 0) is 6.42 Å². The molecule has 2 rings (SSSR count). The van der Waals surface area contributed by atoms with E-state index in [0.717, 1.165) is 12.2 Å². The van der Waals surface area contributed by atoms with E-state index >= 15 is 0 Å². The Kier molecular flexibility index (Phi) is 2.72. The van der Waals surface area contributed by atoms with Crippen LogP contribution in [-0.4, -0.2) is 9.78 Å². The predicted molar refractivity (Wildman–Crippen MR) is 61.5 cm³/mol. The normalized spacial score (nSPS) is 12.6. The molecule has 1 aromatic heterocycles. The van der Waals surface area contributed by atoms with E-state index in [2.05, 4.69) is 36.3 Å². The fourth-order valence-electron chi connectivity index (χ4n) is 1.73. The minimum absolute atomic E-state index is 0.294. The Morgan fingerprint density at radius 2 is 2.00 bits per heavy atom. The number of nitrogens with two attached hydrogens (primary N) is 1. The van der Waals surface area contributed by atoms with Crippen molar-refractivity contribution < 1.29 is 0 Å². The Labute approximate surface area is 89.5 Å². The van der Waals surface area contributed by atoms with Gasteiger partial charge in [-0.05, 0) is 25.0 Å². The number of aromatic nitrogens is 2. The van der Waals surface area contributed by atoms with E-state index in [4.69, 9.17) is 5.73 Å². The maximum absolute atomic E-state index is 5.80. The van der Waals surface area contributed by atoms with Gasteiger partial charge in [0.15, 0.2) is 0 Å². The number of benzene rings is 1. The molecule has 0 saturated carbocycles. The van der Waals surface area contributed by atoms with Crippen LogP contribution in [0.2, 0.25) is 0 Å². The highest BCUT2D eigenvalue weighted by Crippen LogP contribution is 2.15. The SMILES string of the molecule is CC(Cc1ccccc1)n1nccc1N. The molecular formula is C12H15N3. The monoisotopic (exact) mass is 201 g/mol. The summed E-state index contributed by atoms with van der Waals surface area (Å²) in [5.74, 6) is 0.721. The lowest BCUT2D eigenvalue weighted by molar-refractivity contribution is 0.496. The third-order valence-corrected chi connectivity index (χ3v) is 2.49. The largest absolute Gasteiger partial charge is 0.384 e. The third kappa shape index (κ3) is 2.18. The third-order valence-electron chi connectivity index (χ3n) is 2.49. The molecule has 3 heteroatoms. The Balaban J connectivity index is 2.11. The van der Waals surface area contributed by atoms with E-state index in [1.54, 1.807) is 6.20 Å². The zero-order valence-corrected chi connectivity index (χ0v) is 8.80. The molecule has 1 unspecified atom stereocenters. The number of rotatable bonds is 3. The van der Waals surface area contributed by atoms with E-state index in [0.29, 0.717) is 6.04 Å². The van der Waals surface area contributed by atoms with Crippen LogP contribution in [0, 0.1) is 0 Å². The van der Waals surface area contributed by atoms with Gasteiger partial charge in [0.25, 0.3) is 0 Å². The lowest BCUT2D eigenvalue weighted by Crippen LogP contribution is -2.12. The summed E-state index contributed by atoms with van der Waals surface area (Å²) in [5.41, 5.74) is 7.10. The zero-order valence-electron chi connectivity index (χ0n) is 8.80. The van der Waals surface area contributed by atoms with E-state index in [-0.39, 0.29) is 0 Å². The highest BCUT2D eigenvalue weighted by Gasteiger charge is 2.08. The number of hydrogen-bond donors (Lipinski definition) is 1. The fourth-order valence-corrected chi connectivity index (χ4v) is 1.73. The molecule has 78 valence electrons. The molecule has 2 aromatic rings. The first kappa shape index (κ1) is 9.77. The molecule has 0 amide bonds. The molecule has 0 saturated heterocycles. The van der Waals surface area contributed by atoms with Crippen LogP contribution in [0.5, 0.6) is 0 Å². The van der Waals surface area contributed by atoms with Gasteiger partial charge in [0.1, 0.15) is 5.82 Å². The lowest BCUT2D eigenvalue weighted by Gasteiger charge is -2.13. The second-order valence-electron chi connectivity index (χ2n) is 3.74. The summed E-state index contributed by atoms with van der Waals surface area (Å²) < 4.78 is 1.85. The first-order chi connectivity index (χ1) is 7.27. The molecule has 0 aliphatic heterocycles. The van der Waals surface area contributed by atoms with Gasteiger partial charge in [-0.15, -0.1) is 0 Å². The Bertz CT molecular complexity index is 419. The second-order valence-corrected chi connectivity index (χ2v) is 3.74. The van der Waals surface area contributed by atoms with Crippen molar-refractivity contribution in [3.63, 3.8) is 0 Å². The summed E-state index contributed by atoms with van der Waals surface area (Å²) in [6.45, 7) is 2.12. The van der Waals surface area contributed by atoms with Gasteiger partial charge >= 0.3 is 0 Å². The maximum Gasteiger partial charge on any atom is 0.121 e. The van der Waals surface area contributed by atoms with Crippen molar-refractivity contribution in [1.29, 1.82) is 0 Å². The molecule has 0 aliphatic carbocycles. The molecule has 1 aromatic carbocycles. The van der Waals surface area contributed by atoms with Gasteiger partial charge in [-0.1, -0.05) is 30.3 Å². The van der Waals surface area contributed by atoms with Crippen molar-refractivity contribution in [2.45, 2.75) is 19.4 Å². The smallest absolute Gasteiger partial charge is 0.121 e.